The summed E-state index contributed by atoms with van der Waals surface area (Å²) in [6.07, 6.45) is 6.22. The number of benzene rings is 1. The highest BCUT2D eigenvalue weighted by Gasteiger charge is 2.26. The topological polar surface area (TPSA) is 82.3 Å². The molecule has 1 aromatic rings. The van der Waals surface area contributed by atoms with Crippen LogP contribution in [0, 0.1) is 6.92 Å². The second-order valence-corrected chi connectivity index (χ2v) is 9.94. The van der Waals surface area contributed by atoms with Gasteiger partial charge in [0.1, 0.15) is 5.37 Å². The summed E-state index contributed by atoms with van der Waals surface area (Å²) >= 11 is 0. The lowest BCUT2D eigenvalue weighted by molar-refractivity contribution is 0.511. The van der Waals surface area contributed by atoms with Gasteiger partial charge in [-0.05, 0) is 103 Å². The standard InChI is InChI=1S/C23H44N4O2S/c1-4-24-16-6-7-17-25-18-8-9-19-26-20-10-11-23(27-5-2)30(28,29)22-14-12-21(3)13-15-22/h12-15,23-27H,4-11,16-20H2,1-3H3. The van der Waals surface area contributed by atoms with Crippen LogP contribution in [-0.2, 0) is 9.84 Å². The molecule has 0 saturated heterocycles. The van der Waals surface area contributed by atoms with Gasteiger partial charge in [-0.15, -0.1) is 0 Å². The van der Waals surface area contributed by atoms with Crippen molar-refractivity contribution >= 4 is 9.84 Å². The molecular formula is C23H44N4O2S. The summed E-state index contributed by atoms with van der Waals surface area (Å²) in [6.45, 7) is 12.9. The van der Waals surface area contributed by atoms with Crippen molar-refractivity contribution in [3.63, 3.8) is 0 Å². The van der Waals surface area contributed by atoms with Crippen LogP contribution in [0.4, 0.5) is 0 Å². The normalized spacial score (nSPS) is 12.9. The molecule has 0 aromatic heterocycles. The molecular weight excluding hydrogens is 396 g/mol. The lowest BCUT2D eigenvalue weighted by Gasteiger charge is -2.19. The highest BCUT2D eigenvalue weighted by Crippen LogP contribution is 2.18. The van der Waals surface area contributed by atoms with E-state index >= 15 is 0 Å². The molecule has 0 aliphatic rings. The highest BCUT2D eigenvalue weighted by atomic mass is 32.2. The second kappa shape index (κ2) is 16.7. The maximum atomic E-state index is 12.9. The highest BCUT2D eigenvalue weighted by molar-refractivity contribution is 7.92. The van der Waals surface area contributed by atoms with Gasteiger partial charge < -0.3 is 21.3 Å². The summed E-state index contributed by atoms with van der Waals surface area (Å²) in [5.74, 6) is 0. The Kier molecular flexibility index (Phi) is 15.0. The first-order valence-corrected chi connectivity index (χ1v) is 13.2. The van der Waals surface area contributed by atoms with E-state index in [-0.39, 0.29) is 0 Å². The molecule has 1 unspecified atom stereocenters. The maximum absolute atomic E-state index is 12.9. The molecule has 174 valence electrons. The molecule has 1 rings (SSSR count). The van der Waals surface area contributed by atoms with E-state index < -0.39 is 15.2 Å². The third kappa shape index (κ3) is 11.4. The average molecular weight is 441 g/mol. The SMILES string of the molecule is CCNCCCCNCCCCNCCCC(NCC)S(=O)(=O)c1ccc(C)cc1. The molecule has 7 heteroatoms. The van der Waals surface area contributed by atoms with Crippen LogP contribution in [0.5, 0.6) is 0 Å². The number of rotatable bonds is 19. The summed E-state index contributed by atoms with van der Waals surface area (Å²) in [5, 5.41) is 12.9. The number of hydrogen-bond donors (Lipinski definition) is 4. The van der Waals surface area contributed by atoms with Crippen molar-refractivity contribution in [1.29, 1.82) is 0 Å². The van der Waals surface area contributed by atoms with Crippen molar-refractivity contribution in [1.82, 2.24) is 21.3 Å². The molecule has 0 aliphatic heterocycles. The van der Waals surface area contributed by atoms with Gasteiger partial charge in [0, 0.05) is 0 Å². The van der Waals surface area contributed by atoms with Crippen molar-refractivity contribution in [2.45, 2.75) is 69.6 Å². The van der Waals surface area contributed by atoms with Crippen molar-refractivity contribution in [2.75, 3.05) is 45.8 Å². The van der Waals surface area contributed by atoms with E-state index in [9.17, 15) is 8.42 Å². The van der Waals surface area contributed by atoms with Gasteiger partial charge in [0.2, 0.25) is 0 Å². The molecule has 4 N–H and O–H groups in total. The Morgan fingerprint density at radius 3 is 1.73 bits per heavy atom. The first kappa shape index (κ1) is 27.0. The van der Waals surface area contributed by atoms with Crippen LogP contribution in [0.1, 0.15) is 57.9 Å². The Morgan fingerprint density at radius 2 is 1.23 bits per heavy atom. The van der Waals surface area contributed by atoms with Gasteiger partial charge in [-0.2, -0.15) is 0 Å². The summed E-state index contributed by atoms with van der Waals surface area (Å²) in [4.78, 5) is 0.404. The number of sulfone groups is 1. The minimum atomic E-state index is -3.35. The molecule has 0 fully saturated rings. The Balaban J connectivity index is 2.14. The van der Waals surface area contributed by atoms with Crippen molar-refractivity contribution in [3.8, 4) is 0 Å². The van der Waals surface area contributed by atoms with E-state index in [1.165, 1.54) is 19.3 Å². The van der Waals surface area contributed by atoms with Gasteiger partial charge in [0.25, 0.3) is 0 Å². The van der Waals surface area contributed by atoms with Gasteiger partial charge in [-0.3, -0.25) is 0 Å². The summed E-state index contributed by atoms with van der Waals surface area (Å²) in [7, 11) is -3.35. The van der Waals surface area contributed by atoms with E-state index in [0.717, 1.165) is 57.7 Å². The third-order valence-corrected chi connectivity index (χ3v) is 7.22. The van der Waals surface area contributed by atoms with Gasteiger partial charge in [0.15, 0.2) is 9.84 Å². The number of hydrogen-bond acceptors (Lipinski definition) is 6. The minimum absolute atomic E-state index is 0.404. The van der Waals surface area contributed by atoms with Crippen LogP contribution in [-0.4, -0.2) is 59.6 Å². The number of nitrogens with one attached hydrogen (secondary N) is 4. The molecule has 0 radical (unpaired) electrons. The molecule has 1 aromatic carbocycles. The van der Waals surface area contributed by atoms with Gasteiger partial charge in [-0.25, -0.2) is 8.42 Å². The molecule has 0 heterocycles. The van der Waals surface area contributed by atoms with Crippen molar-refractivity contribution < 1.29 is 8.42 Å². The van der Waals surface area contributed by atoms with E-state index in [4.69, 9.17) is 0 Å². The maximum Gasteiger partial charge on any atom is 0.194 e. The zero-order chi connectivity index (χ0) is 22.1. The van der Waals surface area contributed by atoms with Crippen LogP contribution < -0.4 is 21.3 Å². The van der Waals surface area contributed by atoms with Crippen LogP contribution in [0.15, 0.2) is 29.2 Å². The zero-order valence-electron chi connectivity index (χ0n) is 19.3. The van der Waals surface area contributed by atoms with Crippen molar-refractivity contribution in [2.24, 2.45) is 0 Å². The van der Waals surface area contributed by atoms with Crippen LogP contribution in [0.3, 0.4) is 0 Å². The molecule has 0 aliphatic carbocycles. The smallest absolute Gasteiger partial charge is 0.194 e. The minimum Gasteiger partial charge on any atom is -0.317 e. The lowest BCUT2D eigenvalue weighted by Crippen LogP contribution is -2.37. The average Bonchev–Trinajstić information content (AvgIpc) is 2.73. The van der Waals surface area contributed by atoms with E-state index in [1.54, 1.807) is 12.1 Å². The zero-order valence-corrected chi connectivity index (χ0v) is 20.1. The Hall–Kier alpha value is -0.990. The van der Waals surface area contributed by atoms with Crippen LogP contribution in [0.25, 0.3) is 0 Å². The number of unbranched alkanes of at least 4 members (excludes halogenated alkanes) is 2. The molecule has 0 amide bonds. The van der Waals surface area contributed by atoms with Gasteiger partial charge in [0.05, 0.1) is 4.90 Å². The largest absolute Gasteiger partial charge is 0.317 e. The summed E-state index contributed by atoms with van der Waals surface area (Å²) in [5.41, 5.74) is 1.07. The third-order valence-electron chi connectivity index (χ3n) is 5.14. The predicted molar refractivity (Wildman–Crippen MR) is 128 cm³/mol. The molecule has 0 bridgehead atoms. The van der Waals surface area contributed by atoms with Crippen molar-refractivity contribution in [3.05, 3.63) is 29.8 Å². The van der Waals surface area contributed by atoms with Crippen LogP contribution >= 0.6 is 0 Å². The Labute approximate surface area is 184 Å². The van der Waals surface area contributed by atoms with E-state index in [0.29, 0.717) is 17.9 Å². The van der Waals surface area contributed by atoms with Crippen LogP contribution in [0.2, 0.25) is 0 Å². The lowest BCUT2D eigenvalue weighted by atomic mass is 10.2. The quantitative estimate of drug-likeness (QED) is 0.248. The van der Waals surface area contributed by atoms with Gasteiger partial charge in [-0.1, -0.05) is 31.5 Å². The fraction of sp³-hybridized carbons (Fsp3) is 0.739. The van der Waals surface area contributed by atoms with E-state index in [1.807, 2.05) is 26.0 Å². The Morgan fingerprint density at radius 1 is 0.733 bits per heavy atom. The van der Waals surface area contributed by atoms with E-state index in [2.05, 4.69) is 28.2 Å². The first-order chi connectivity index (χ1) is 14.5. The molecule has 0 spiro atoms. The molecule has 0 saturated carbocycles. The molecule has 1 atom stereocenters. The number of aryl methyl sites for hydroxylation is 1. The first-order valence-electron chi connectivity index (χ1n) is 11.7. The fourth-order valence-corrected chi connectivity index (χ4v) is 5.03. The summed E-state index contributed by atoms with van der Waals surface area (Å²) < 4.78 is 25.8. The molecule has 6 nitrogen and oxygen atoms in total. The summed E-state index contributed by atoms with van der Waals surface area (Å²) in [6, 6.07) is 7.14. The molecule has 30 heavy (non-hydrogen) atoms. The predicted octanol–water partition coefficient (Wildman–Crippen LogP) is 2.83. The monoisotopic (exact) mass is 440 g/mol. The van der Waals surface area contributed by atoms with Gasteiger partial charge >= 0.3 is 0 Å². The second-order valence-electron chi connectivity index (χ2n) is 7.81. The Bertz CT molecular complexity index is 635. The fourth-order valence-electron chi connectivity index (χ4n) is 3.33.